The van der Waals surface area contributed by atoms with Crippen molar-refractivity contribution in [2.45, 2.75) is 83.8 Å². The summed E-state index contributed by atoms with van der Waals surface area (Å²) in [6.45, 7) is 6.72. The van der Waals surface area contributed by atoms with Crippen molar-refractivity contribution in [1.82, 2.24) is 10.2 Å². The number of hydrogen-bond acceptors (Lipinski definition) is 5. The van der Waals surface area contributed by atoms with Crippen molar-refractivity contribution < 1.29 is 19.1 Å². The summed E-state index contributed by atoms with van der Waals surface area (Å²) in [5.74, 6) is 0.0437. The van der Waals surface area contributed by atoms with Crippen molar-refractivity contribution in [2.75, 3.05) is 42.6 Å². The molecule has 0 unspecified atom stereocenters. The van der Waals surface area contributed by atoms with E-state index in [-0.39, 0.29) is 17.7 Å². The Labute approximate surface area is 244 Å². The lowest BCUT2D eigenvalue weighted by Crippen LogP contribution is -2.40. The second-order valence-corrected chi connectivity index (χ2v) is 11.6. The molecule has 3 amide bonds. The van der Waals surface area contributed by atoms with E-state index < -0.39 is 0 Å². The largest absolute Gasteiger partial charge is 0.381 e. The van der Waals surface area contributed by atoms with Crippen molar-refractivity contribution in [3.05, 3.63) is 59.2 Å². The van der Waals surface area contributed by atoms with Crippen LogP contribution in [0.15, 0.2) is 42.5 Å². The van der Waals surface area contributed by atoms with Gasteiger partial charge in [0.25, 0.3) is 5.91 Å². The first-order chi connectivity index (χ1) is 20.0. The molecule has 0 atom stereocenters. The van der Waals surface area contributed by atoms with E-state index in [9.17, 15) is 14.4 Å². The minimum absolute atomic E-state index is 0.0366. The molecule has 3 heterocycles. The lowest BCUT2D eigenvalue weighted by atomic mass is 10.0. The van der Waals surface area contributed by atoms with Gasteiger partial charge in [0.1, 0.15) is 0 Å². The summed E-state index contributed by atoms with van der Waals surface area (Å²) in [5, 5.41) is 3.08. The molecule has 220 valence electrons. The minimum Gasteiger partial charge on any atom is -0.381 e. The van der Waals surface area contributed by atoms with E-state index in [2.05, 4.69) is 10.2 Å². The predicted molar refractivity (Wildman–Crippen MR) is 161 cm³/mol. The Hall–Kier alpha value is -3.23. The zero-order valence-corrected chi connectivity index (χ0v) is 24.4. The average Bonchev–Trinajstić information content (AvgIpc) is 3.42. The van der Waals surface area contributed by atoms with Gasteiger partial charge >= 0.3 is 0 Å². The smallest absolute Gasteiger partial charge is 0.251 e. The van der Waals surface area contributed by atoms with E-state index in [4.69, 9.17) is 4.74 Å². The van der Waals surface area contributed by atoms with Crippen LogP contribution in [0.3, 0.4) is 0 Å². The van der Waals surface area contributed by atoms with Gasteiger partial charge in [-0.1, -0.05) is 31.4 Å². The van der Waals surface area contributed by atoms with Gasteiger partial charge in [0, 0.05) is 75.7 Å². The molecule has 1 N–H and O–H groups in total. The van der Waals surface area contributed by atoms with Gasteiger partial charge in [0.2, 0.25) is 11.8 Å². The van der Waals surface area contributed by atoms with Crippen molar-refractivity contribution in [3.8, 4) is 0 Å². The number of carbonyl (C=O) groups is 3. The van der Waals surface area contributed by atoms with E-state index in [0.29, 0.717) is 37.7 Å². The number of ether oxygens (including phenoxy) is 1. The summed E-state index contributed by atoms with van der Waals surface area (Å²) in [5.41, 5.74) is 4.37. The molecule has 0 aromatic heterocycles. The maximum Gasteiger partial charge on any atom is 0.251 e. The molecule has 2 saturated heterocycles. The van der Waals surface area contributed by atoms with Crippen LogP contribution in [0, 0.1) is 0 Å². The molecule has 3 aliphatic rings. The van der Waals surface area contributed by atoms with Crippen LogP contribution in [0.1, 0.15) is 86.2 Å². The number of rotatable bonds is 5. The first kappa shape index (κ1) is 29.3. The van der Waals surface area contributed by atoms with Crippen LogP contribution < -0.4 is 15.1 Å². The van der Waals surface area contributed by atoms with Crippen LogP contribution in [0.5, 0.6) is 0 Å². The van der Waals surface area contributed by atoms with Crippen LogP contribution >= 0.6 is 0 Å². The summed E-state index contributed by atoms with van der Waals surface area (Å²) in [4.78, 5) is 44.6. The zero-order chi connectivity index (χ0) is 28.6. The maximum atomic E-state index is 13.4. The molecule has 2 aromatic carbocycles. The molecule has 0 saturated carbocycles. The molecular weight excluding hydrogens is 516 g/mol. The molecule has 5 rings (SSSR count). The highest BCUT2D eigenvalue weighted by atomic mass is 16.5. The fourth-order valence-corrected chi connectivity index (χ4v) is 6.38. The number of carbonyl (C=O) groups excluding carboxylic acids is 3. The standard InChI is InChI=1S/C33H44N4O4/c1-25(38)36-17-6-4-2-3-5-16-35(29-14-19-41-20-15-29)24-28-22-27(12-13-31(28)36)33(40)34-23-26-9-7-10-30(21-26)37-18-8-11-32(37)39/h7,9-10,12-13,21-22,29H,2-6,8,11,14-20,23-24H2,1H3,(H,34,40). The Morgan fingerprint density at radius 2 is 1.71 bits per heavy atom. The maximum absolute atomic E-state index is 13.4. The Kier molecular flexibility index (Phi) is 10.1. The van der Waals surface area contributed by atoms with Crippen molar-refractivity contribution in [1.29, 1.82) is 0 Å². The normalized spacial score (nSPS) is 19.8. The first-order valence-electron chi connectivity index (χ1n) is 15.4. The van der Waals surface area contributed by atoms with E-state index in [1.165, 1.54) is 12.8 Å². The summed E-state index contributed by atoms with van der Waals surface area (Å²) >= 11 is 0. The van der Waals surface area contributed by atoms with Crippen LogP contribution in [0.25, 0.3) is 0 Å². The first-order valence-corrected chi connectivity index (χ1v) is 15.4. The number of nitrogens with one attached hydrogen (secondary N) is 1. The highest BCUT2D eigenvalue weighted by molar-refractivity contribution is 5.97. The second kappa shape index (κ2) is 14.1. The topological polar surface area (TPSA) is 82.2 Å². The molecule has 0 radical (unpaired) electrons. The van der Waals surface area contributed by atoms with Gasteiger partial charge in [0.05, 0.1) is 0 Å². The Morgan fingerprint density at radius 1 is 0.927 bits per heavy atom. The SMILES string of the molecule is CC(=O)N1CCCCCCCN(C2CCOCC2)Cc2cc(C(=O)NCc3cccc(N4CCCC4=O)c3)ccc21. The molecule has 2 aromatic rings. The molecular formula is C33H44N4O4. The molecule has 41 heavy (non-hydrogen) atoms. The fraction of sp³-hybridized carbons (Fsp3) is 0.545. The van der Waals surface area contributed by atoms with E-state index >= 15 is 0 Å². The van der Waals surface area contributed by atoms with Gasteiger partial charge in [-0.2, -0.15) is 0 Å². The monoisotopic (exact) mass is 560 g/mol. The summed E-state index contributed by atoms with van der Waals surface area (Å²) < 4.78 is 5.65. The third-order valence-corrected chi connectivity index (χ3v) is 8.67. The third kappa shape index (κ3) is 7.54. The summed E-state index contributed by atoms with van der Waals surface area (Å²) in [7, 11) is 0. The van der Waals surface area contributed by atoms with Gasteiger partial charge in [-0.15, -0.1) is 0 Å². The zero-order valence-electron chi connectivity index (χ0n) is 24.4. The number of fused-ring (bicyclic) bond motifs is 1. The Morgan fingerprint density at radius 3 is 2.46 bits per heavy atom. The third-order valence-electron chi connectivity index (χ3n) is 8.67. The molecule has 0 aliphatic carbocycles. The van der Waals surface area contributed by atoms with Gasteiger partial charge in [-0.05, 0) is 80.1 Å². The molecule has 8 nitrogen and oxygen atoms in total. The number of hydrogen-bond donors (Lipinski definition) is 1. The summed E-state index contributed by atoms with van der Waals surface area (Å²) in [6, 6.07) is 14.1. The average molecular weight is 561 g/mol. The predicted octanol–water partition coefficient (Wildman–Crippen LogP) is 5.04. The molecule has 8 heteroatoms. The van der Waals surface area contributed by atoms with E-state index in [1.807, 2.05) is 52.3 Å². The molecule has 3 aliphatic heterocycles. The van der Waals surface area contributed by atoms with Crippen molar-refractivity contribution in [2.24, 2.45) is 0 Å². The Balaban J connectivity index is 1.36. The quantitative estimate of drug-likeness (QED) is 0.554. The van der Waals surface area contributed by atoms with E-state index in [1.54, 1.807) is 6.92 Å². The van der Waals surface area contributed by atoms with Crippen molar-refractivity contribution in [3.63, 3.8) is 0 Å². The highest BCUT2D eigenvalue weighted by Crippen LogP contribution is 2.28. The highest BCUT2D eigenvalue weighted by Gasteiger charge is 2.25. The lowest BCUT2D eigenvalue weighted by Gasteiger charge is -2.36. The molecule has 2 fully saturated rings. The summed E-state index contributed by atoms with van der Waals surface area (Å²) in [6.07, 6.45) is 9.13. The molecule has 0 spiro atoms. The van der Waals surface area contributed by atoms with Gasteiger partial charge in [0.15, 0.2) is 0 Å². The van der Waals surface area contributed by atoms with Gasteiger partial charge < -0.3 is 19.9 Å². The van der Waals surface area contributed by atoms with Crippen molar-refractivity contribution >= 4 is 29.1 Å². The van der Waals surface area contributed by atoms with Crippen LogP contribution in [-0.2, 0) is 27.4 Å². The second-order valence-electron chi connectivity index (χ2n) is 11.6. The Bertz CT molecular complexity index is 1230. The van der Waals surface area contributed by atoms with Crippen LogP contribution in [-0.4, -0.2) is 61.5 Å². The number of anilines is 2. The van der Waals surface area contributed by atoms with Crippen LogP contribution in [0.4, 0.5) is 11.4 Å². The van der Waals surface area contributed by atoms with Gasteiger partial charge in [-0.25, -0.2) is 0 Å². The number of benzene rings is 2. The lowest BCUT2D eigenvalue weighted by molar-refractivity contribution is -0.117. The minimum atomic E-state index is -0.145. The van der Waals surface area contributed by atoms with Gasteiger partial charge in [-0.3, -0.25) is 19.3 Å². The number of nitrogens with zero attached hydrogens (tertiary/aromatic N) is 3. The molecule has 0 bridgehead atoms. The fourth-order valence-electron chi connectivity index (χ4n) is 6.38. The van der Waals surface area contributed by atoms with E-state index in [0.717, 1.165) is 87.3 Å². The van der Waals surface area contributed by atoms with Crippen LogP contribution in [0.2, 0.25) is 0 Å². The number of amides is 3.